The maximum atomic E-state index is 8.58. The molecule has 0 aliphatic heterocycles. The molecule has 0 radical (unpaired) electrons. The van der Waals surface area contributed by atoms with E-state index in [1.165, 1.54) is 29.9 Å². The van der Waals surface area contributed by atoms with E-state index in [-0.39, 0.29) is 6.41 Å². The molecule has 0 spiro atoms. The summed E-state index contributed by atoms with van der Waals surface area (Å²) in [5, 5.41) is 4.66. The summed E-state index contributed by atoms with van der Waals surface area (Å²) < 4.78 is 0. The molecular formula is C18H37N3O2S. The van der Waals surface area contributed by atoms with E-state index in [1.54, 1.807) is 4.91 Å². The second-order valence-corrected chi connectivity index (χ2v) is 6.83. The average molecular weight is 360 g/mol. The van der Waals surface area contributed by atoms with Gasteiger partial charge in [-0.3, -0.25) is 4.79 Å². The van der Waals surface area contributed by atoms with Crippen LogP contribution in [-0.2, 0) is 9.59 Å². The molecule has 0 saturated heterocycles. The second-order valence-electron chi connectivity index (χ2n) is 5.70. The van der Waals surface area contributed by atoms with Crippen molar-refractivity contribution in [3.63, 3.8) is 0 Å². The van der Waals surface area contributed by atoms with Crippen LogP contribution in [0.2, 0.25) is 0 Å². The summed E-state index contributed by atoms with van der Waals surface area (Å²) >= 11 is 1.93. The topological polar surface area (TPSA) is 98.2 Å². The van der Waals surface area contributed by atoms with E-state index >= 15 is 0 Å². The molecule has 1 aliphatic rings. The zero-order valence-electron chi connectivity index (χ0n) is 16.2. The summed E-state index contributed by atoms with van der Waals surface area (Å²) in [6.07, 6.45) is 7.79. The van der Waals surface area contributed by atoms with Crippen LogP contribution >= 0.6 is 11.8 Å². The Morgan fingerprint density at radius 3 is 2.29 bits per heavy atom. The minimum atomic E-state index is 0.250. The number of hydrogen-bond donors (Lipinski definition) is 3. The summed E-state index contributed by atoms with van der Waals surface area (Å²) in [4.78, 5) is 18.1. The van der Waals surface area contributed by atoms with Gasteiger partial charge >= 0.3 is 0 Å². The van der Waals surface area contributed by atoms with Crippen molar-refractivity contribution in [3.05, 3.63) is 21.6 Å². The van der Waals surface area contributed by atoms with Crippen molar-refractivity contribution < 1.29 is 9.59 Å². The summed E-state index contributed by atoms with van der Waals surface area (Å²) in [5.41, 5.74) is 10.7. The van der Waals surface area contributed by atoms with Gasteiger partial charge in [-0.25, -0.2) is 0 Å². The van der Waals surface area contributed by atoms with Crippen molar-refractivity contribution in [2.75, 3.05) is 7.05 Å². The van der Waals surface area contributed by atoms with E-state index < -0.39 is 0 Å². The first kappa shape index (κ1) is 27.6. The van der Waals surface area contributed by atoms with Crippen molar-refractivity contribution in [1.29, 1.82) is 0 Å². The monoisotopic (exact) mass is 359 g/mol. The number of thioether (sulfide) groups is 1. The van der Waals surface area contributed by atoms with Gasteiger partial charge in [-0.15, -0.1) is 0 Å². The quantitative estimate of drug-likeness (QED) is 0.667. The van der Waals surface area contributed by atoms with Gasteiger partial charge in [0.2, 0.25) is 6.41 Å². The Hall–Kier alpha value is -1.27. The minimum Gasteiger partial charge on any atom is -0.383 e. The van der Waals surface area contributed by atoms with Crippen LogP contribution in [0.25, 0.3) is 0 Å². The lowest BCUT2D eigenvalue weighted by Gasteiger charge is -2.19. The SMILES string of the molecule is C=O.CC(C)N.CC/C(C)=C(/NC)SC1=CC(C)CCC1.NC=O. The number of primary amides is 1. The van der Waals surface area contributed by atoms with E-state index in [4.69, 9.17) is 15.3 Å². The molecule has 5 nitrogen and oxygen atoms in total. The number of nitrogens with two attached hydrogens (primary N) is 2. The van der Waals surface area contributed by atoms with Crippen LogP contribution in [0, 0.1) is 5.92 Å². The minimum absolute atomic E-state index is 0.250. The molecule has 5 N–H and O–H groups in total. The Labute approximate surface area is 152 Å². The Morgan fingerprint density at radius 2 is 1.96 bits per heavy atom. The molecule has 1 aliphatic carbocycles. The predicted molar refractivity (Wildman–Crippen MR) is 107 cm³/mol. The maximum Gasteiger partial charge on any atom is 0.204 e. The number of allylic oxidation sites excluding steroid dienone is 3. The molecule has 6 heteroatoms. The van der Waals surface area contributed by atoms with Crippen LogP contribution in [0.3, 0.4) is 0 Å². The Balaban J connectivity index is -0.000000411. The fourth-order valence-electron chi connectivity index (χ4n) is 1.81. The van der Waals surface area contributed by atoms with Crippen molar-refractivity contribution in [2.24, 2.45) is 17.4 Å². The van der Waals surface area contributed by atoms with Crippen molar-refractivity contribution >= 4 is 25.0 Å². The number of hydrogen-bond acceptors (Lipinski definition) is 5. The highest BCUT2D eigenvalue weighted by atomic mass is 32.2. The van der Waals surface area contributed by atoms with Crippen LogP contribution in [0.1, 0.15) is 60.3 Å². The van der Waals surface area contributed by atoms with Gasteiger partial charge in [-0.05, 0) is 55.0 Å². The Morgan fingerprint density at radius 1 is 1.50 bits per heavy atom. The van der Waals surface area contributed by atoms with E-state index in [1.807, 2.05) is 39.4 Å². The predicted octanol–water partition coefficient (Wildman–Crippen LogP) is 3.55. The van der Waals surface area contributed by atoms with Gasteiger partial charge in [-0.2, -0.15) is 0 Å². The highest BCUT2D eigenvalue weighted by molar-refractivity contribution is 8.06. The third-order valence-corrected chi connectivity index (χ3v) is 4.29. The molecule has 1 amide bonds. The number of nitrogens with one attached hydrogen (secondary N) is 1. The molecule has 0 heterocycles. The first-order valence-electron chi connectivity index (χ1n) is 8.28. The van der Waals surface area contributed by atoms with Crippen LogP contribution < -0.4 is 16.8 Å². The largest absolute Gasteiger partial charge is 0.383 e. The van der Waals surface area contributed by atoms with Gasteiger partial charge in [-0.1, -0.05) is 45.5 Å². The van der Waals surface area contributed by atoms with Crippen molar-refractivity contribution in [1.82, 2.24) is 5.32 Å². The molecule has 1 rings (SSSR count). The normalized spacial score (nSPS) is 16.7. The van der Waals surface area contributed by atoms with Crippen LogP contribution in [0.4, 0.5) is 0 Å². The first-order valence-corrected chi connectivity index (χ1v) is 9.09. The lowest BCUT2D eigenvalue weighted by atomic mass is 9.98. The van der Waals surface area contributed by atoms with Gasteiger partial charge in [0.05, 0.1) is 5.03 Å². The zero-order valence-corrected chi connectivity index (χ0v) is 17.0. The van der Waals surface area contributed by atoms with Gasteiger partial charge < -0.3 is 21.6 Å². The zero-order chi connectivity index (χ0) is 19.5. The highest BCUT2D eigenvalue weighted by Gasteiger charge is 2.12. The number of rotatable bonds is 4. The van der Waals surface area contributed by atoms with Gasteiger partial charge in [0.15, 0.2) is 0 Å². The standard InChI is InChI=1S/C13H23NS.C3H9N.CH3NO.CH2O/c1-5-11(3)13(14-4)15-12-8-6-7-10(2)9-12;1-3(2)4;2-1-3;1-2/h9-10,14H,5-8H2,1-4H3;3H,4H2,1-2H3;1H,(H2,2,3);1H2/b13-11-;;;. The highest BCUT2D eigenvalue weighted by Crippen LogP contribution is 2.35. The maximum absolute atomic E-state index is 8.58. The molecule has 0 saturated carbocycles. The molecule has 1 atom stereocenters. The molecule has 24 heavy (non-hydrogen) atoms. The lowest BCUT2D eigenvalue weighted by molar-refractivity contribution is -0.107. The van der Waals surface area contributed by atoms with E-state index in [2.05, 4.69) is 37.9 Å². The Kier molecular flexibility index (Phi) is 22.7. The summed E-state index contributed by atoms with van der Waals surface area (Å²) in [6.45, 7) is 12.6. The molecule has 0 bridgehead atoms. The van der Waals surface area contributed by atoms with E-state index in [9.17, 15) is 0 Å². The lowest BCUT2D eigenvalue weighted by Crippen LogP contribution is -2.07. The van der Waals surface area contributed by atoms with Crippen molar-refractivity contribution in [2.45, 2.75) is 66.3 Å². The summed E-state index contributed by atoms with van der Waals surface area (Å²) in [6, 6.07) is 0.333. The fraction of sp³-hybridized carbons (Fsp3) is 0.667. The fourth-order valence-corrected chi connectivity index (χ4v) is 3.04. The molecule has 0 aromatic heterocycles. The van der Waals surface area contributed by atoms with E-state index in [0.29, 0.717) is 6.04 Å². The van der Waals surface area contributed by atoms with Gasteiger partial charge in [0.25, 0.3) is 0 Å². The number of carbonyl (C=O) groups is 2. The van der Waals surface area contributed by atoms with Crippen molar-refractivity contribution in [3.8, 4) is 0 Å². The smallest absolute Gasteiger partial charge is 0.204 e. The number of carbonyl (C=O) groups excluding carboxylic acids is 2. The van der Waals surface area contributed by atoms with Gasteiger partial charge in [0, 0.05) is 7.05 Å². The molecule has 0 aromatic carbocycles. The first-order chi connectivity index (χ1) is 11.3. The molecule has 0 fully saturated rings. The van der Waals surface area contributed by atoms with Gasteiger partial charge in [0.1, 0.15) is 6.79 Å². The summed E-state index contributed by atoms with van der Waals surface area (Å²) in [7, 11) is 2.02. The number of amides is 1. The average Bonchev–Trinajstić information content (AvgIpc) is 2.54. The van der Waals surface area contributed by atoms with E-state index in [0.717, 1.165) is 12.3 Å². The second kappa shape index (κ2) is 19.8. The summed E-state index contributed by atoms with van der Waals surface area (Å²) in [5.74, 6) is 0.765. The van der Waals surface area contributed by atoms with Crippen LogP contribution in [0.5, 0.6) is 0 Å². The Bertz CT molecular complexity index is 367. The third-order valence-electron chi connectivity index (χ3n) is 2.93. The molecular weight excluding hydrogens is 322 g/mol. The van der Waals surface area contributed by atoms with Crippen LogP contribution in [0.15, 0.2) is 21.6 Å². The molecule has 0 aromatic rings. The third kappa shape index (κ3) is 18.8. The molecule has 1 unspecified atom stereocenters. The van der Waals surface area contributed by atoms with Crippen LogP contribution in [-0.4, -0.2) is 26.3 Å². The molecule has 142 valence electrons.